The van der Waals surface area contributed by atoms with Crippen molar-refractivity contribution in [1.82, 2.24) is 20.5 Å². The van der Waals surface area contributed by atoms with Crippen molar-refractivity contribution in [2.45, 2.75) is 29.3 Å². The van der Waals surface area contributed by atoms with Gasteiger partial charge in [0.25, 0.3) is 0 Å². The van der Waals surface area contributed by atoms with Crippen LogP contribution in [0.5, 0.6) is 0 Å². The van der Waals surface area contributed by atoms with E-state index in [1.165, 1.54) is 11.1 Å². The van der Waals surface area contributed by atoms with Crippen molar-refractivity contribution in [2.24, 2.45) is 0 Å². The highest BCUT2D eigenvalue weighted by Crippen LogP contribution is 2.38. The molecule has 5 heteroatoms. The smallest absolute Gasteiger partial charge is 0.183 e. The zero-order valence-electron chi connectivity index (χ0n) is 10.3. The van der Waals surface area contributed by atoms with Gasteiger partial charge in [-0.3, -0.25) is 5.10 Å². The number of hydrogen-bond donors (Lipinski definition) is 2. The van der Waals surface area contributed by atoms with E-state index in [1.807, 2.05) is 7.05 Å². The fraction of sp³-hybridized carbons (Fsp3) is 0.385. The van der Waals surface area contributed by atoms with Crippen LogP contribution in [0, 0.1) is 0 Å². The van der Waals surface area contributed by atoms with Crippen LogP contribution >= 0.6 is 11.8 Å². The Bertz CT molecular complexity index is 511. The maximum Gasteiger partial charge on any atom is 0.183 e. The van der Waals surface area contributed by atoms with Crippen molar-refractivity contribution in [2.75, 3.05) is 7.05 Å². The third-order valence-electron chi connectivity index (χ3n) is 3.43. The minimum atomic E-state index is 0.380. The number of hydrogen-bond acceptors (Lipinski definition) is 4. The molecule has 1 aromatic heterocycles. The first-order valence-electron chi connectivity index (χ1n) is 6.15. The van der Waals surface area contributed by atoms with Gasteiger partial charge >= 0.3 is 0 Å². The predicted molar refractivity (Wildman–Crippen MR) is 72.6 cm³/mol. The van der Waals surface area contributed by atoms with Crippen molar-refractivity contribution < 1.29 is 0 Å². The molecule has 94 valence electrons. The van der Waals surface area contributed by atoms with E-state index < -0.39 is 0 Å². The van der Waals surface area contributed by atoms with E-state index in [-0.39, 0.29) is 0 Å². The summed E-state index contributed by atoms with van der Waals surface area (Å²) in [5.41, 5.74) is 2.88. The van der Waals surface area contributed by atoms with Crippen molar-refractivity contribution >= 4 is 11.8 Å². The fourth-order valence-corrected chi connectivity index (χ4v) is 3.75. The Balaban J connectivity index is 1.85. The van der Waals surface area contributed by atoms with Crippen LogP contribution in [-0.4, -0.2) is 27.5 Å². The number of nitrogens with zero attached hydrogens (tertiary/aromatic N) is 2. The third-order valence-corrected chi connectivity index (χ3v) is 4.66. The van der Waals surface area contributed by atoms with E-state index in [2.05, 4.69) is 44.8 Å². The summed E-state index contributed by atoms with van der Waals surface area (Å²) >= 11 is 1.78. The average molecular weight is 260 g/mol. The highest BCUT2D eigenvalue weighted by Gasteiger charge is 2.29. The number of fused-ring (bicyclic) bond motifs is 1. The number of aryl methyl sites for hydroxylation is 1. The molecule has 0 bridgehead atoms. The molecular formula is C13H16N4S. The number of H-pyrrole nitrogens is 1. The SMILES string of the molecule is CNC1c2ccccc2CCC1Sc1ncn[nH]1. The van der Waals surface area contributed by atoms with Crippen molar-refractivity contribution in [3.63, 3.8) is 0 Å². The first-order valence-corrected chi connectivity index (χ1v) is 7.03. The van der Waals surface area contributed by atoms with Gasteiger partial charge in [-0.25, -0.2) is 4.98 Å². The number of benzene rings is 1. The third kappa shape index (κ3) is 2.15. The van der Waals surface area contributed by atoms with E-state index in [9.17, 15) is 0 Å². The Kier molecular flexibility index (Phi) is 3.34. The Morgan fingerprint density at radius 2 is 2.28 bits per heavy atom. The molecule has 0 aliphatic heterocycles. The molecule has 1 heterocycles. The first-order chi connectivity index (χ1) is 8.88. The molecule has 1 aromatic carbocycles. The number of thioether (sulfide) groups is 1. The van der Waals surface area contributed by atoms with Crippen LogP contribution in [0.15, 0.2) is 35.7 Å². The molecule has 2 aromatic rings. The van der Waals surface area contributed by atoms with Crippen LogP contribution in [0.25, 0.3) is 0 Å². The quantitative estimate of drug-likeness (QED) is 0.888. The van der Waals surface area contributed by atoms with Gasteiger partial charge in [-0.1, -0.05) is 36.0 Å². The van der Waals surface area contributed by atoms with Gasteiger partial charge in [0.15, 0.2) is 5.16 Å². The van der Waals surface area contributed by atoms with Gasteiger partial charge in [-0.15, -0.1) is 0 Å². The van der Waals surface area contributed by atoms with E-state index in [1.54, 1.807) is 18.1 Å². The number of aromatic nitrogens is 3. The summed E-state index contributed by atoms with van der Waals surface area (Å²) in [6, 6.07) is 9.07. The van der Waals surface area contributed by atoms with Crippen LogP contribution in [0.1, 0.15) is 23.6 Å². The molecule has 18 heavy (non-hydrogen) atoms. The second-order valence-electron chi connectivity index (χ2n) is 4.45. The van der Waals surface area contributed by atoms with E-state index >= 15 is 0 Å². The van der Waals surface area contributed by atoms with Gasteiger partial charge < -0.3 is 5.32 Å². The van der Waals surface area contributed by atoms with E-state index in [0.29, 0.717) is 11.3 Å². The molecule has 0 saturated heterocycles. The molecule has 0 fully saturated rings. The Labute approximate surface area is 111 Å². The van der Waals surface area contributed by atoms with Crippen LogP contribution < -0.4 is 5.32 Å². The van der Waals surface area contributed by atoms with Gasteiger partial charge in [0, 0.05) is 11.3 Å². The van der Waals surface area contributed by atoms with Crippen LogP contribution in [0.2, 0.25) is 0 Å². The molecule has 2 atom stereocenters. The van der Waals surface area contributed by atoms with Gasteiger partial charge in [-0.2, -0.15) is 5.10 Å². The lowest BCUT2D eigenvalue weighted by Crippen LogP contribution is -2.32. The molecule has 2 unspecified atom stereocenters. The summed E-state index contributed by atoms with van der Waals surface area (Å²) in [5, 5.41) is 11.7. The molecule has 3 rings (SSSR count). The van der Waals surface area contributed by atoms with Gasteiger partial charge in [0.2, 0.25) is 0 Å². The van der Waals surface area contributed by atoms with E-state index in [0.717, 1.165) is 18.0 Å². The number of rotatable bonds is 3. The lowest BCUT2D eigenvalue weighted by atomic mass is 9.87. The first kappa shape index (κ1) is 11.7. The summed E-state index contributed by atoms with van der Waals surface area (Å²) in [6.07, 6.45) is 3.86. The Hall–Kier alpha value is -1.33. The van der Waals surface area contributed by atoms with Crippen LogP contribution in [0.4, 0.5) is 0 Å². The summed E-state index contributed by atoms with van der Waals surface area (Å²) in [6.45, 7) is 0. The van der Waals surface area contributed by atoms with Crippen LogP contribution in [-0.2, 0) is 6.42 Å². The zero-order valence-corrected chi connectivity index (χ0v) is 11.1. The summed E-state index contributed by atoms with van der Waals surface area (Å²) in [5.74, 6) is 0. The van der Waals surface area contributed by atoms with Crippen LogP contribution in [0.3, 0.4) is 0 Å². The Morgan fingerprint density at radius 1 is 1.39 bits per heavy atom. The lowest BCUT2D eigenvalue weighted by Gasteiger charge is -2.32. The molecule has 0 amide bonds. The van der Waals surface area contributed by atoms with Crippen molar-refractivity contribution in [1.29, 1.82) is 0 Å². The minimum absolute atomic E-state index is 0.380. The topological polar surface area (TPSA) is 53.6 Å². The molecule has 0 radical (unpaired) electrons. The van der Waals surface area contributed by atoms with Crippen molar-refractivity contribution in [3.8, 4) is 0 Å². The molecule has 2 N–H and O–H groups in total. The van der Waals surface area contributed by atoms with Gasteiger partial charge in [0.05, 0.1) is 0 Å². The molecule has 0 saturated carbocycles. The summed E-state index contributed by atoms with van der Waals surface area (Å²) in [4.78, 5) is 4.20. The summed E-state index contributed by atoms with van der Waals surface area (Å²) in [7, 11) is 2.03. The lowest BCUT2D eigenvalue weighted by molar-refractivity contribution is 0.510. The predicted octanol–water partition coefficient (Wildman–Crippen LogP) is 2.17. The molecule has 4 nitrogen and oxygen atoms in total. The van der Waals surface area contributed by atoms with Gasteiger partial charge in [-0.05, 0) is 31.0 Å². The maximum absolute atomic E-state index is 4.20. The largest absolute Gasteiger partial charge is 0.312 e. The average Bonchev–Trinajstić information content (AvgIpc) is 2.91. The molecule has 1 aliphatic rings. The highest BCUT2D eigenvalue weighted by atomic mass is 32.2. The second kappa shape index (κ2) is 5.12. The zero-order chi connectivity index (χ0) is 12.4. The second-order valence-corrected chi connectivity index (χ2v) is 5.68. The van der Waals surface area contributed by atoms with Crippen molar-refractivity contribution in [3.05, 3.63) is 41.7 Å². The number of nitrogens with one attached hydrogen (secondary N) is 2. The summed E-state index contributed by atoms with van der Waals surface area (Å²) < 4.78 is 0. The molecular weight excluding hydrogens is 244 g/mol. The normalized spacial score (nSPS) is 22.7. The monoisotopic (exact) mass is 260 g/mol. The standard InChI is InChI=1S/C13H16N4S/c1-14-12-10-5-3-2-4-9(10)6-7-11(12)18-13-15-8-16-17-13/h2-5,8,11-12,14H,6-7H2,1H3,(H,15,16,17). The fourth-order valence-electron chi connectivity index (χ4n) is 2.59. The van der Waals surface area contributed by atoms with Gasteiger partial charge in [0.1, 0.15) is 6.33 Å². The Morgan fingerprint density at radius 3 is 3.06 bits per heavy atom. The molecule has 1 aliphatic carbocycles. The maximum atomic E-state index is 4.20. The molecule has 0 spiro atoms. The minimum Gasteiger partial charge on any atom is -0.312 e. The number of aromatic amines is 1. The highest BCUT2D eigenvalue weighted by molar-refractivity contribution is 7.99. The van der Waals surface area contributed by atoms with E-state index in [4.69, 9.17) is 0 Å².